The van der Waals surface area contributed by atoms with Crippen LogP contribution in [-0.2, 0) is 23.7 Å². The summed E-state index contributed by atoms with van der Waals surface area (Å²) >= 11 is 4.52. The van der Waals surface area contributed by atoms with Crippen molar-refractivity contribution in [1.82, 2.24) is 0 Å². The van der Waals surface area contributed by atoms with Crippen molar-refractivity contribution in [3.63, 3.8) is 0 Å². The second-order valence-electron chi connectivity index (χ2n) is 9.05. The standard InChI is InChI=1S/C23H32S/c1-16-12-17(14-20(24)13-16)8-9-18-10-11-19(22(2,3)4)15-21(18)23(5,6)7/h10-15,24H,8-9H2,1-7H3. The van der Waals surface area contributed by atoms with Gasteiger partial charge in [-0.05, 0) is 70.5 Å². The van der Waals surface area contributed by atoms with Crippen molar-refractivity contribution in [3.05, 3.63) is 64.2 Å². The van der Waals surface area contributed by atoms with Gasteiger partial charge in [0.05, 0.1) is 0 Å². The summed E-state index contributed by atoms with van der Waals surface area (Å²) in [4.78, 5) is 1.06. The molecule has 0 fully saturated rings. The number of thiol groups is 1. The van der Waals surface area contributed by atoms with Crippen molar-refractivity contribution < 1.29 is 0 Å². The second-order valence-corrected chi connectivity index (χ2v) is 9.57. The maximum absolute atomic E-state index is 4.52. The number of benzene rings is 2. The molecule has 0 aliphatic heterocycles. The van der Waals surface area contributed by atoms with Crippen molar-refractivity contribution in [2.75, 3.05) is 0 Å². The van der Waals surface area contributed by atoms with Crippen LogP contribution in [-0.4, -0.2) is 0 Å². The second kappa shape index (κ2) is 6.96. The average molecular weight is 341 g/mol. The maximum Gasteiger partial charge on any atom is 0.00453 e. The molecule has 0 nitrogen and oxygen atoms in total. The van der Waals surface area contributed by atoms with Gasteiger partial charge in [0, 0.05) is 4.90 Å². The predicted molar refractivity (Wildman–Crippen MR) is 110 cm³/mol. The lowest BCUT2D eigenvalue weighted by molar-refractivity contribution is 0.563. The Morgan fingerprint density at radius 2 is 1.46 bits per heavy atom. The molecule has 0 atom stereocenters. The van der Waals surface area contributed by atoms with Gasteiger partial charge in [0.2, 0.25) is 0 Å². The fourth-order valence-electron chi connectivity index (χ4n) is 3.22. The summed E-state index contributed by atoms with van der Waals surface area (Å²) < 4.78 is 0. The van der Waals surface area contributed by atoms with Crippen molar-refractivity contribution in [1.29, 1.82) is 0 Å². The molecule has 0 saturated heterocycles. The van der Waals surface area contributed by atoms with Crippen molar-refractivity contribution in [2.45, 2.75) is 77.0 Å². The third-order valence-corrected chi connectivity index (χ3v) is 4.85. The van der Waals surface area contributed by atoms with Crippen molar-refractivity contribution in [3.8, 4) is 0 Å². The van der Waals surface area contributed by atoms with E-state index in [2.05, 4.69) is 97.5 Å². The molecule has 1 heteroatoms. The van der Waals surface area contributed by atoms with E-state index in [0.717, 1.165) is 17.7 Å². The Bertz CT molecular complexity index is 692. The molecule has 0 aliphatic carbocycles. The summed E-state index contributed by atoms with van der Waals surface area (Å²) in [6.45, 7) is 16.0. The number of aryl methyl sites for hydroxylation is 3. The van der Waals surface area contributed by atoms with Crippen LogP contribution in [0.3, 0.4) is 0 Å². The van der Waals surface area contributed by atoms with Crippen LogP contribution in [0, 0.1) is 6.92 Å². The lowest BCUT2D eigenvalue weighted by atomic mass is 9.77. The summed E-state index contributed by atoms with van der Waals surface area (Å²) in [7, 11) is 0. The fourth-order valence-corrected chi connectivity index (χ4v) is 3.59. The van der Waals surface area contributed by atoms with Crippen LogP contribution in [0.1, 0.15) is 69.4 Å². The highest BCUT2D eigenvalue weighted by Crippen LogP contribution is 2.32. The molecule has 2 rings (SSSR count). The molecule has 0 saturated carbocycles. The first-order chi connectivity index (χ1) is 11.0. The molecule has 2 aromatic rings. The van der Waals surface area contributed by atoms with E-state index >= 15 is 0 Å². The molecule has 0 amide bonds. The molecular weight excluding hydrogens is 308 g/mol. The van der Waals surface area contributed by atoms with Crippen molar-refractivity contribution >= 4 is 12.6 Å². The average Bonchev–Trinajstić information content (AvgIpc) is 2.42. The Morgan fingerprint density at radius 3 is 2.00 bits per heavy atom. The van der Waals surface area contributed by atoms with E-state index in [0.29, 0.717) is 0 Å². The van der Waals surface area contributed by atoms with Gasteiger partial charge in [0.1, 0.15) is 0 Å². The van der Waals surface area contributed by atoms with Gasteiger partial charge in [-0.3, -0.25) is 0 Å². The minimum Gasteiger partial charge on any atom is -0.143 e. The lowest BCUT2D eigenvalue weighted by Crippen LogP contribution is -2.18. The third kappa shape index (κ3) is 4.89. The van der Waals surface area contributed by atoms with Gasteiger partial charge in [0.25, 0.3) is 0 Å². The summed E-state index contributed by atoms with van der Waals surface area (Å²) in [5.41, 5.74) is 7.39. The van der Waals surface area contributed by atoms with E-state index in [-0.39, 0.29) is 10.8 Å². The topological polar surface area (TPSA) is 0 Å². The maximum atomic E-state index is 4.52. The zero-order valence-corrected chi connectivity index (χ0v) is 17.2. The van der Waals surface area contributed by atoms with E-state index in [1.807, 2.05) is 0 Å². The summed E-state index contributed by atoms with van der Waals surface area (Å²) in [5.74, 6) is 0. The Hall–Kier alpha value is -1.21. The zero-order chi connectivity index (χ0) is 18.1. The molecule has 0 aromatic heterocycles. The van der Waals surface area contributed by atoms with Gasteiger partial charge in [-0.2, -0.15) is 0 Å². The molecule has 2 aromatic carbocycles. The first-order valence-corrected chi connectivity index (χ1v) is 9.35. The summed E-state index contributed by atoms with van der Waals surface area (Å²) in [6, 6.07) is 13.7. The van der Waals surface area contributed by atoms with E-state index in [1.165, 1.54) is 27.8 Å². The first kappa shape index (κ1) is 19.1. The number of hydrogen-bond acceptors (Lipinski definition) is 1. The van der Waals surface area contributed by atoms with E-state index in [9.17, 15) is 0 Å². The van der Waals surface area contributed by atoms with Gasteiger partial charge < -0.3 is 0 Å². The minimum absolute atomic E-state index is 0.165. The normalized spacial score (nSPS) is 12.5. The molecule has 0 spiro atoms. The van der Waals surface area contributed by atoms with Crippen molar-refractivity contribution in [2.24, 2.45) is 0 Å². The Labute approximate surface area is 154 Å². The Morgan fingerprint density at radius 1 is 0.792 bits per heavy atom. The largest absolute Gasteiger partial charge is 0.143 e. The molecule has 0 heterocycles. The molecule has 0 aliphatic rings. The smallest absolute Gasteiger partial charge is 0.00453 e. The van der Waals surface area contributed by atoms with Gasteiger partial charge >= 0.3 is 0 Å². The SMILES string of the molecule is Cc1cc(S)cc(CCc2ccc(C(C)(C)C)cc2C(C)(C)C)c1. The van der Waals surface area contributed by atoms with Crippen LogP contribution in [0.15, 0.2) is 41.3 Å². The predicted octanol–water partition coefficient (Wildman–Crippen LogP) is 6.66. The molecule has 24 heavy (non-hydrogen) atoms. The van der Waals surface area contributed by atoms with Gasteiger partial charge in [-0.15, -0.1) is 12.6 Å². The molecular formula is C23H32S. The highest BCUT2D eigenvalue weighted by atomic mass is 32.1. The zero-order valence-electron chi connectivity index (χ0n) is 16.3. The molecule has 130 valence electrons. The van der Waals surface area contributed by atoms with Crippen LogP contribution < -0.4 is 0 Å². The van der Waals surface area contributed by atoms with E-state index in [1.54, 1.807) is 0 Å². The number of hydrogen-bond donors (Lipinski definition) is 1. The first-order valence-electron chi connectivity index (χ1n) is 8.90. The van der Waals surface area contributed by atoms with Crippen LogP contribution in [0.5, 0.6) is 0 Å². The Balaban J connectivity index is 2.32. The molecule has 0 unspecified atom stereocenters. The third-order valence-electron chi connectivity index (χ3n) is 4.59. The summed E-state index contributed by atoms with van der Waals surface area (Å²) in [6.07, 6.45) is 2.14. The van der Waals surface area contributed by atoms with E-state index in [4.69, 9.17) is 0 Å². The monoisotopic (exact) mass is 340 g/mol. The molecule has 0 N–H and O–H groups in total. The Kier molecular flexibility index (Phi) is 5.54. The van der Waals surface area contributed by atoms with Crippen LogP contribution in [0.25, 0.3) is 0 Å². The van der Waals surface area contributed by atoms with E-state index < -0.39 is 0 Å². The molecule has 0 bridgehead atoms. The van der Waals surface area contributed by atoms with Gasteiger partial charge in [-0.25, -0.2) is 0 Å². The highest BCUT2D eigenvalue weighted by molar-refractivity contribution is 7.80. The van der Waals surface area contributed by atoms with Gasteiger partial charge in [-0.1, -0.05) is 65.8 Å². The fraction of sp³-hybridized carbons (Fsp3) is 0.478. The van der Waals surface area contributed by atoms with Crippen LogP contribution in [0.2, 0.25) is 0 Å². The quantitative estimate of drug-likeness (QED) is 0.593. The highest BCUT2D eigenvalue weighted by Gasteiger charge is 2.22. The number of rotatable bonds is 3. The minimum atomic E-state index is 0.165. The van der Waals surface area contributed by atoms with Gasteiger partial charge in [0.15, 0.2) is 0 Å². The summed E-state index contributed by atoms with van der Waals surface area (Å²) in [5, 5.41) is 0. The van der Waals surface area contributed by atoms with Crippen LogP contribution >= 0.6 is 12.6 Å². The lowest BCUT2D eigenvalue weighted by Gasteiger charge is -2.27. The molecule has 0 radical (unpaired) electrons. The van der Waals surface area contributed by atoms with Crippen LogP contribution in [0.4, 0.5) is 0 Å².